The van der Waals surface area contributed by atoms with Crippen molar-refractivity contribution in [1.82, 2.24) is 0 Å². The van der Waals surface area contributed by atoms with Crippen LogP contribution in [0.1, 0.15) is 39.5 Å². The molecule has 2 aromatic carbocycles. The van der Waals surface area contributed by atoms with Crippen LogP contribution in [0.3, 0.4) is 0 Å². The Morgan fingerprint density at radius 3 is 2.42 bits per heavy atom. The molecule has 0 saturated carbocycles. The van der Waals surface area contributed by atoms with Gasteiger partial charge in [0.15, 0.2) is 0 Å². The number of rotatable bonds is 5. The van der Waals surface area contributed by atoms with Crippen LogP contribution in [0.4, 0.5) is 5.69 Å². The molecule has 0 atom stereocenters. The fourth-order valence-corrected chi connectivity index (χ4v) is 2.51. The van der Waals surface area contributed by atoms with Gasteiger partial charge in [0.1, 0.15) is 0 Å². The van der Waals surface area contributed by atoms with Crippen molar-refractivity contribution >= 4 is 17.6 Å². The van der Waals surface area contributed by atoms with Crippen molar-refractivity contribution in [3.05, 3.63) is 64.2 Å². The van der Waals surface area contributed by atoms with E-state index < -0.39 is 0 Å². The summed E-state index contributed by atoms with van der Waals surface area (Å²) in [5.74, 6) is -0.492. The lowest BCUT2D eigenvalue weighted by Crippen LogP contribution is -2.16. The van der Waals surface area contributed by atoms with Gasteiger partial charge in [0.2, 0.25) is 5.91 Å². The van der Waals surface area contributed by atoms with Gasteiger partial charge >= 0.3 is 5.97 Å². The molecule has 4 heteroatoms. The first-order valence-electron chi connectivity index (χ1n) is 8.04. The fourth-order valence-electron chi connectivity index (χ4n) is 2.51. The quantitative estimate of drug-likeness (QED) is 0.846. The molecule has 0 aliphatic heterocycles. The molecule has 2 rings (SSSR count). The number of carbonyl (C=O) groups excluding carboxylic acids is 2. The highest BCUT2D eigenvalue weighted by atomic mass is 16.5. The van der Waals surface area contributed by atoms with Crippen molar-refractivity contribution in [1.29, 1.82) is 0 Å². The molecule has 2 aromatic rings. The topological polar surface area (TPSA) is 55.4 Å². The van der Waals surface area contributed by atoms with E-state index in [2.05, 4.69) is 11.4 Å². The van der Waals surface area contributed by atoms with E-state index in [1.807, 2.05) is 32.9 Å². The number of benzene rings is 2. The van der Waals surface area contributed by atoms with Crippen molar-refractivity contribution < 1.29 is 14.3 Å². The van der Waals surface area contributed by atoms with Gasteiger partial charge in [-0.1, -0.05) is 29.8 Å². The Kier molecular flexibility index (Phi) is 5.74. The minimum atomic E-state index is -0.387. The van der Waals surface area contributed by atoms with Gasteiger partial charge in [-0.25, -0.2) is 4.79 Å². The summed E-state index contributed by atoms with van der Waals surface area (Å²) in [6.45, 7) is 8.00. The molecule has 1 amide bonds. The third-order valence-electron chi connectivity index (χ3n) is 3.87. The Labute approximate surface area is 142 Å². The van der Waals surface area contributed by atoms with Crippen LogP contribution in [0.25, 0.3) is 0 Å². The maximum Gasteiger partial charge on any atom is 0.338 e. The normalized spacial score (nSPS) is 10.3. The van der Waals surface area contributed by atoms with Crippen LogP contribution in [0, 0.1) is 20.8 Å². The number of hydrogen-bond acceptors (Lipinski definition) is 3. The lowest BCUT2D eigenvalue weighted by Gasteiger charge is -2.11. The van der Waals surface area contributed by atoms with Crippen LogP contribution in [-0.2, 0) is 16.0 Å². The van der Waals surface area contributed by atoms with Gasteiger partial charge in [0.05, 0.1) is 18.6 Å². The molecule has 0 aliphatic rings. The van der Waals surface area contributed by atoms with E-state index in [0.29, 0.717) is 24.3 Å². The average Bonchev–Trinajstić information content (AvgIpc) is 2.52. The van der Waals surface area contributed by atoms with Gasteiger partial charge in [-0.2, -0.15) is 0 Å². The largest absolute Gasteiger partial charge is 0.462 e. The Bertz CT molecular complexity index is 765. The summed E-state index contributed by atoms with van der Waals surface area (Å²) in [6.07, 6.45) is 0.301. The lowest BCUT2D eigenvalue weighted by atomic mass is 10.0. The maximum absolute atomic E-state index is 12.4. The Hall–Kier alpha value is -2.62. The van der Waals surface area contributed by atoms with Crippen molar-refractivity contribution in [3.8, 4) is 0 Å². The molecule has 24 heavy (non-hydrogen) atoms. The van der Waals surface area contributed by atoms with Crippen LogP contribution in [0.5, 0.6) is 0 Å². The first-order valence-corrected chi connectivity index (χ1v) is 8.04. The minimum Gasteiger partial charge on any atom is -0.462 e. The van der Waals surface area contributed by atoms with E-state index in [-0.39, 0.29) is 11.9 Å². The number of aryl methyl sites for hydroxylation is 3. The van der Waals surface area contributed by atoms with Crippen LogP contribution in [0.2, 0.25) is 0 Å². The minimum absolute atomic E-state index is 0.105. The van der Waals surface area contributed by atoms with Gasteiger partial charge in [-0.05, 0) is 56.5 Å². The molecular formula is C20H23NO3. The highest BCUT2D eigenvalue weighted by Gasteiger charge is 2.12. The zero-order chi connectivity index (χ0) is 17.7. The first kappa shape index (κ1) is 17.7. The van der Waals surface area contributed by atoms with Crippen LogP contribution in [-0.4, -0.2) is 18.5 Å². The molecule has 126 valence electrons. The molecule has 0 bridgehead atoms. The van der Waals surface area contributed by atoms with Gasteiger partial charge in [0.25, 0.3) is 0 Å². The second-order valence-corrected chi connectivity index (χ2v) is 5.91. The van der Waals surface area contributed by atoms with Crippen LogP contribution < -0.4 is 5.32 Å². The molecule has 0 unspecified atom stereocenters. The molecule has 0 fully saturated rings. The van der Waals surface area contributed by atoms with E-state index in [1.165, 1.54) is 5.56 Å². The number of nitrogens with one attached hydrogen (secondary N) is 1. The summed E-state index contributed by atoms with van der Waals surface area (Å²) in [4.78, 5) is 24.2. The Morgan fingerprint density at radius 2 is 1.75 bits per heavy atom. The number of ether oxygens (including phenoxy) is 1. The third kappa shape index (κ3) is 4.44. The van der Waals surface area contributed by atoms with E-state index in [1.54, 1.807) is 25.1 Å². The Morgan fingerprint density at radius 1 is 1.00 bits per heavy atom. The number of amides is 1. The zero-order valence-corrected chi connectivity index (χ0v) is 14.6. The highest BCUT2D eigenvalue weighted by Crippen LogP contribution is 2.19. The van der Waals surface area contributed by atoms with Gasteiger partial charge in [-0.15, -0.1) is 0 Å². The van der Waals surface area contributed by atoms with Crippen LogP contribution in [0.15, 0.2) is 36.4 Å². The summed E-state index contributed by atoms with van der Waals surface area (Å²) in [7, 11) is 0. The summed E-state index contributed by atoms with van der Waals surface area (Å²) in [5.41, 5.74) is 5.24. The molecule has 0 aliphatic carbocycles. The summed E-state index contributed by atoms with van der Waals surface area (Å²) < 4.78 is 5.00. The van der Waals surface area contributed by atoms with Gasteiger partial charge in [-0.3, -0.25) is 4.79 Å². The number of hydrogen-bond donors (Lipinski definition) is 1. The van der Waals surface area contributed by atoms with E-state index >= 15 is 0 Å². The first-order chi connectivity index (χ1) is 11.4. The zero-order valence-electron chi connectivity index (χ0n) is 14.6. The highest BCUT2D eigenvalue weighted by molar-refractivity contribution is 5.96. The predicted octanol–water partition coefficient (Wildman–Crippen LogP) is 3.97. The lowest BCUT2D eigenvalue weighted by molar-refractivity contribution is -0.115. The fraction of sp³-hybridized carbons (Fsp3) is 0.300. The van der Waals surface area contributed by atoms with Gasteiger partial charge in [0, 0.05) is 5.69 Å². The number of esters is 1. The average molecular weight is 325 g/mol. The molecule has 0 spiro atoms. The monoisotopic (exact) mass is 325 g/mol. The summed E-state index contributed by atoms with van der Waals surface area (Å²) in [5, 5.41) is 2.89. The van der Waals surface area contributed by atoms with Crippen molar-refractivity contribution in [3.63, 3.8) is 0 Å². The van der Waals surface area contributed by atoms with Crippen molar-refractivity contribution in [2.75, 3.05) is 11.9 Å². The molecular weight excluding hydrogens is 302 g/mol. The molecule has 4 nitrogen and oxygen atoms in total. The maximum atomic E-state index is 12.4. The smallest absolute Gasteiger partial charge is 0.338 e. The van der Waals surface area contributed by atoms with Crippen molar-refractivity contribution in [2.24, 2.45) is 0 Å². The molecule has 0 saturated heterocycles. The van der Waals surface area contributed by atoms with E-state index in [9.17, 15) is 9.59 Å². The SMILES string of the molecule is CCOC(=O)c1ccc(C)c(NC(=O)Cc2ccc(C)cc2C)c1. The second-order valence-electron chi connectivity index (χ2n) is 5.91. The van der Waals surface area contributed by atoms with E-state index in [4.69, 9.17) is 4.74 Å². The number of carbonyl (C=O) groups is 2. The Balaban J connectivity index is 2.13. The third-order valence-corrected chi connectivity index (χ3v) is 3.87. The predicted molar refractivity (Wildman–Crippen MR) is 95.4 cm³/mol. The molecule has 0 radical (unpaired) electrons. The van der Waals surface area contributed by atoms with Gasteiger partial charge < -0.3 is 10.1 Å². The molecule has 1 N–H and O–H groups in total. The van der Waals surface area contributed by atoms with Crippen molar-refractivity contribution in [2.45, 2.75) is 34.1 Å². The molecule has 0 aromatic heterocycles. The number of anilines is 1. The standard InChI is InChI=1S/C20H23NO3/c1-5-24-20(23)17-9-7-14(3)18(11-17)21-19(22)12-16-8-6-13(2)10-15(16)4/h6-11H,5,12H2,1-4H3,(H,21,22). The summed E-state index contributed by atoms with van der Waals surface area (Å²) >= 11 is 0. The molecule has 0 heterocycles. The van der Waals surface area contributed by atoms with Crippen LogP contribution >= 0.6 is 0 Å². The second kappa shape index (κ2) is 7.77. The summed E-state index contributed by atoms with van der Waals surface area (Å²) in [6, 6.07) is 11.2. The van der Waals surface area contributed by atoms with E-state index in [0.717, 1.165) is 16.7 Å².